The van der Waals surface area contributed by atoms with Gasteiger partial charge < -0.3 is 5.32 Å². The van der Waals surface area contributed by atoms with E-state index in [4.69, 9.17) is 0 Å². The lowest BCUT2D eigenvalue weighted by Gasteiger charge is -2.36. The summed E-state index contributed by atoms with van der Waals surface area (Å²) in [4.78, 5) is 0. The molecule has 1 saturated carbocycles. The lowest BCUT2D eigenvalue weighted by Crippen LogP contribution is -2.36. The van der Waals surface area contributed by atoms with Crippen molar-refractivity contribution in [2.24, 2.45) is 17.8 Å². The zero-order valence-corrected chi connectivity index (χ0v) is 14.0. The molecule has 0 spiro atoms. The summed E-state index contributed by atoms with van der Waals surface area (Å²) in [7, 11) is 0. The van der Waals surface area contributed by atoms with Gasteiger partial charge in [0.1, 0.15) is 5.82 Å². The predicted molar refractivity (Wildman–Crippen MR) is 88.0 cm³/mol. The van der Waals surface area contributed by atoms with Crippen LogP contribution in [0, 0.1) is 30.5 Å². The number of halogens is 1. The molecule has 3 atom stereocenters. The minimum atomic E-state index is -0.119. The van der Waals surface area contributed by atoms with Gasteiger partial charge in [0.2, 0.25) is 0 Å². The smallest absolute Gasteiger partial charge is 0.123 e. The van der Waals surface area contributed by atoms with Crippen molar-refractivity contribution in [1.29, 1.82) is 0 Å². The van der Waals surface area contributed by atoms with Gasteiger partial charge in [-0.15, -0.1) is 0 Å². The zero-order valence-electron chi connectivity index (χ0n) is 14.0. The molecule has 0 radical (unpaired) electrons. The van der Waals surface area contributed by atoms with Gasteiger partial charge in [0, 0.05) is 6.04 Å². The normalized spacial score (nSPS) is 26.3. The largest absolute Gasteiger partial charge is 0.314 e. The van der Waals surface area contributed by atoms with Crippen molar-refractivity contribution in [1.82, 2.24) is 5.32 Å². The van der Waals surface area contributed by atoms with Crippen molar-refractivity contribution >= 4 is 0 Å². The maximum atomic E-state index is 13.3. The van der Waals surface area contributed by atoms with E-state index in [0.29, 0.717) is 6.04 Å². The third-order valence-corrected chi connectivity index (χ3v) is 4.98. The molecule has 2 heteroatoms. The molecule has 0 aliphatic heterocycles. The van der Waals surface area contributed by atoms with Crippen LogP contribution in [0.5, 0.6) is 0 Å². The molecule has 1 aliphatic rings. The van der Waals surface area contributed by atoms with Gasteiger partial charge in [0.15, 0.2) is 0 Å². The van der Waals surface area contributed by atoms with Crippen LogP contribution >= 0.6 is 0 Å². The minimum absolute atomic E-state index is 0.119. The lowest BCUT2D eigenvalue weighted by molar-refractivity contribution is 0.181. The molecule has 0 bridgehead atoms. The Bertz CT molecular complexity index is 455. The molecule has 0 aromatic heterocycles. The Hall–Kier alpha value is -0.890. The number of nitrogens with one attached hydrogen (secondary N) is 1. The quantitative estimate of drug-likeness (QED) is 0.827. The second kappa shape index (κ2) is 7.40. The van der Waals surface area contributed by atoms with E-state index in [-0.39, 0.29) is 5.82 Å². The maximum Gasteiger partial charge on any atom is 0.123 e. The molecule has 1 fully saturated rings. The fraction of sp³-hybridized carbons (Fsp3) is 0.684. The first kappa shape index (κ1) is 16.5. The van der Waals surface area contributed by atoms with Gasteiger partial charge in [-0.25, -0.2) is 4.39 Å². The van der Waals surface area contributed by atoms with Crippen LogP contribution in [0.2, 0.25) is 0 Å². The molecule has 0 amide bonds. The van der Waals surface area contributed by atoms with Crippen molar-refractivity contribution in [3.63, 3.8) is 0 Å². The molecular weight excluding hydrogens is 261 g/mol. The molecular formula is C19H30FN. The monoisotopic (exact) mass is 291 g/mol. The van der Waals surface area contributed by atoms with E-state index in [1.807, 2.05) is 13.0 Å². The van der Waals surface area contributed by atoms with Crippen molar-refractivity contribution < 1.29 is 4.39 Å². The average molecular weight is 291 g/mol. The summed E-state index contributed by atoms with van der Waals surface area (Å²) >= 11 is 0. The summed E-state index contributed by atoms with van der Waals surface area (Å²) in [6.07, 6.45) is 5.08. The van der Waals surface area contributed by atoms with Crippen molar-refractivity contribution in [3.8, 4) is 0 Å². The molecule has 0 saturated heterocycles. The highest BCUT2D eigenvalue weighted by molar-refractivity contribution is 5.27. The average Bonchev–Trinajstić information content (AvgIpc) is 2.41. The van der Waals surface area contributed by atoms with Gasteiger partial charge in [-0.1, -0.05) is 33.3 Å². The molecule has 2 rings (SSSR count). The molecule has 1 aromatic carbocycles. The predicted octanol–water partition coefficient (Wildman–Crippen LogP) is 4.73. The second-order valence-corrected chi connectivity index (χ2v) is 7.28. The minimum Gasteiger partial charge on any atom is -0.314 e. The van der Waals surface area contributed by atoms with Crippen LogP contribution in [-0.2, 0) is 6.42 Å². The molecule has 1 aliphatic carbocycles. The van der Waals surface area contributed by atoms with E-state index in [0.717, 1.165) is 36.3 Å². The van der Waals surface area contributed by atoms with Crippen LogP contribution in [-0.4, -0.2) is 12.6 Å². The fourth-order valence-corrected chi connectivity index (χ4v) is 3.64. The highest BCUT2D eigenvalue weighted by Crippen LogP contribution is 2.36. The summed E-state index contributed by atoms with van der Waals surface area (Å²) in [5, 5.41) is 3.61. The molecule has 1 N–H and O–H groups in total. The Kier molecular flexibility index (Phi) is 5.80. The number of hydrogen-bond acceptors (Lipinski definition) is 1. The van der Waals surface area contributed by atoms with E-state index in [1.165, 1.54) is 24.8 Å². The molecule has 118 valence electrons. The van der Waals surface area contributed by atoms with Gasteiger partial charge in [-0.3, -0.25) is 0 Å². The first-order chi connectivity index (χ1) is 9.95. The fourth-order valence-electron chi connectivity index (χ4n) is 3.64. The lowest BCUT2D eigenvalue weighted by atomic mass is 9.72. The topological polar surface area (TPSA) is 12.0 Å². The highest BCUT2D eigenvalue weighted by Gasteiger charge is 2.28. The third-order valence-electron chi connectivity index (χ3n) is 4.98. The van der Waals surface area contributed by atoms with Gasteiger partial charge in [0.25, 0.3) is 0 Å². The Balaban J connectivity index is 2.05. The van der Waals surface area contributed by atoms with Gasteiger partial charge in [-0.05, 0) is 73.7 Å². The number of rotatable bonds is 5. The van der Waals surface area contributed by atoms with Gasteiger partial charge >= 0.3 is 0 Å². The summed E-state index contributed by atoms with van der Waals surface area (Å²) < 4.78 is 13.3. The summed E-state index contributed by atoms with van der Waals surface area (Å²) in [5.41, 5.74) is 2.42. The van der Waals surface area contributed by atoms with Crippen LogP contribution in [0.4, 0.5) is 4.39 Å². The Morgan fingerprint density at radius 2 is 2.00 bits per heavy atom. The van der Waals surface area contributed by atoms with Gasteiger partial charge in [0.05, 0.1) is 0 Å². The molecule has 1 aromatic rings. The van der Waals surface area contributed by atoms with Crippen LogP contribution in [0.15, 0.2) is 18.2 Å². The Labute approximate surface area is 129 Å². The number of benzene rings is 1. The Morgan fingerprint density at radius 3 is 2.67 bits per heavy atom. The van der Waals surface area contributed by atoms with Crippen LogP contribution in [0.25, 0.3) is 0 Å². The first-order valence-corrected chi connectivity index (χ1v) is 8.44. The molecule has 0 heterocycles. The van der Waals surface area contributed by atoms with Crippen LogP contribution in [0.3, 0.4) is 0 Å². The summed E-state index contributed by atoms with van der Waals surface area (Å²) in [5.74, 6) is 2.19. The van der Waals surface area contributed by atoms with E-state index < -0.39 is 0 Å². The van der Waals surface area contributed by atoms with Gasteiger partial charge in [-0.2, -0.15) is 0 Å². The zero-order chi connectivity index (χ0) is 15.4. The Morgan fingerprint density at radius 1 is 1.24 bits per heavy atom. The highest BCUT2D eigenvalue weighted by atomic mass is 19.1. The van der Waals surface area contributed by atoms with Crippen molar-refractivity contribution in [3.05, 3.63) is 35.1 Å². The number of aryl methyl sites for hydroxylation is 1. The van der Waals surface area contributed by atoms with Crippen LogP contribution in [0.1, 0.15) is 51.2 Å². The number of hydrogen-bond donors (Lipinski definition) is 1. The standard InChI is InChI=1S/C19H30FN/c1-13(2)21-12-17-6-5-14(3)9-18(17)11-16-7-8-19(20)10-15(16)4/h7-8,10,13-14,17-18,21H,5-6,9,11-12H2,1-4H3. The third kappa shape index (κ3) is 4.81. The van der Waals surface area contributed by atoms with Crippen molar-refractivity contribution in [2.45, 2.75) is 59.4 Å². The van der Waals surface area contributed by atoms with E-state index in [1.54, 1.807) is 12.1 Å². The van der Waals surface area contributed by atoms with Crippen molar-refractivity contribution in [2.75, 3.05) is 6.54 Å². The summed E-state index contributed by atoms with van der Waals surface area (Å²) in [6, 6.07) is 5.81. The second-order valence-electron chi connectivity index (χ2n) is 7.28. The van der Waals surface area contributed by atoms with Crippen LogP contribution < -0.4 is 5.32 Å². The van der Waals surface area contributed by atoms with E-state index in [2.05, 4.69) is 26.1 Å². The molecule has 1 nitrogen and oxygen atoms in total. The SMILES string of the molecule is Cc1cc(F)ccc1CC1CC(C)CCC1CNC(C)C. The molecule has 21 heavy (non-hydrogen) atoms. The van der Waals surface area contributed by atoms with E-state index >= 15 is 0 Å². The summed E-state index contributed by atoms with van der Waals surface area (Å²) in [6.45, 7) is 9.95. The maximum absolute atomic E-state index is 13.3. The first-order valence-electron chi connectivity index (χ1n) is 8.44. The van der Waals surface area contributed by atoms with E-state index in [9.17, 15) is 4.39 Å². The molecule has 3 unspecified atom stereocenters.